The summed E-state index contributed by atoms with van der Waals surface area (Å²) in [5, 5.41) is 6.19. The molecule has 0 unspecified atom stereocenters. The number of methoxy groups -OCH3 is 2. The number of nitrogens with zero attached hydrogens (tertiary/aromatic N) is 1. The summed E-state index contributed by atoms with van der Waals surface area (Å²) >= 11 is 0. The van der Waals surface area contributed by atoms with Gasteiger partial charge in [-0.1, -0.05) is 0 Å². The number of rotatable bonds is 8. The summed E-state index contributed by atoms with van der Waals surface area (Å²) in [6.45, 7) is 2.86. The standard InChI is InChI=1S/C10H18N4O3/c1-16-6-5-11-3-4-12-9-8(17-2)10(15)14-7-13-9/h7,11H,3-6H2,1-2H3,(H2,12,13,14,15). The van der Waals surface area contributed by atoms with Crippen LogP contribution in [0.1, 0.15) is 0 Å². The molecule has 0 bridgehead atoms. The fourth-order valence-corrected chi connectivity index (χ4v) is 1.27. The second-order valence-corrected chi connectivity index (χ2v) is 3.28. The van der Waals surface area contributed by atoms with E-state index in [0.29, 0.717) is 19.0 Å². The lowest BCUT2D eigenvalue weighted by Crippen LogP contribution is -2.26. The van der Waals surface area contributed by atoms with Crippen LogP contribution in [0.25, 0.3) is 0 Å². The Morgan fingerprint density at radius 1 is 1.35 bits per heavy atom. The number of hydrogen-bond donors (Lipinski definition) is 3. The number of H-pyrrole nitrogens is 1. The molecular formula is C10H18N4O3. The van der Waals surface area contributed by atoms with Crippen molar-refractivity contribution in [3.8, 4) is 5.75 Å². The number of hydrogen-bond acceptors (Lipinski definition) is 6. The van der Waals surface area contributed by atoms with Gasteiger partial charge in [0.1, 0.15) is 0 Å². The summed E-state index contributed by atoms with van der Waals surface area (Å²) in [6.07, 6.45) is 1.34. The van der Waals surface area contributed by atoms with Gasteiger partial charge >= 0.3 is 0 Å². The molecule has 1 aromatic heterocycles. The molecule has 0 aliphatic heterocycles. The molecule has 7 heteroatoms. The van der Waals surface area contributed by atoms with Crippen molar-refractivity contribution in [1.29, 1.82) is 0 Å². The van der Waals surface area contributed by atoms with E-state index in [1.807, 2.05) is 0 Å². The Kier molecular flexibility index (Phi) is 6.05. The van der Waals surface area contributed by atoms with E-state index < -0.39 is 0 Å². The summed E-state index contributed by atoms with van der Waals surface area (Å²) in [5.74, 6) is 0.647. The lowest BCUT2D eigenvalue weighted by atomic mass is 10.5. The lowest BCUT2D eigenvalue weighted by molar-refractivity contribution is 0.200. The molecule has 1 heterocycles. The molecule has 0 aromatic carbocycles. The van der Waals surface area contributed by atoms with Crippen LogP contribution in [-0.2, 0) is 4.74 Å². The zero-order valence-corrected chi connectivity index (χ0v) is 10.1. The van der Waals surface area contributed by atoms with Crippen LogP contribution in [0.15, 0.2) is 11.1 Å². The van der Waals surface area contributed by atoms with E-state index in [-0.39, 0.29) is 11.3 Å². The van der Waals surface area contributed by atoms with Crippen LogP contribution in [0.4, 0.5) is 5.82 Å². The van der Waals surface area contributed by atoms with Gasteiger partial charge in [-0.05, 0) is 0 Å². The highest BCUT2D eigenvalue weighted by molar-refractivity contribution is 5.47. The molecule has 0 fully saturated rings. The van der Waals surface area contributed by atoms with E-state index in [4.69, 9.17) is 9.47 Å². The molecule has 1 aromatic rings. The Morgan fingerprint density at radius 2 is 2.18 bits per heavy atom. The second-order valence-electron chi connectivity index (χ2n) is 3.28. The predicted molar refractivity (Wildman–Crippen MR) is 64.6 cm³/mol. The van der Waals surface area contributed by atoms with E-state index in [9.17, 15) is 4.79 Å². The van der Waals surface area contributed by atoms with Crippen molar-refractivity contribution in [3.63, 3.8) is 0 Å². The molecule has 3 N–H and O–H groups in total. The molecule has 0 atom stereocenters. The maximum atomic E-state index is 11.4. The quantitative estimate of drug-likeness (QED) is 0.529. The highest BCUT2D eigenvalue weighted by Gasteiger charge is 2.07. The third kappa shape index (κ3) is 4.41. The summed E-state index contributed by atoms with van der Waals surface area (Å²) in [6, 6.07) is 0. The second kappa shape index (κ2) is 7.64. The Balaban J connectivity index is 2.36. The number of ether oxygens (including phenoxy) is 2. The molecule has 0 spiro atoms. The van der Waals surface area contributed by atoms with Gasteiger partial charge in [-0.3, -0.25) is 4.79 Å². The van der Waals surface area contributed by atoms with Crippen molar-refractivity contribution in [3.05, 3.63) is 16.7 Å². The van der Waals surface area contributed by atoms with Gasteiger partial charge in [-0.2, -0.15) is 0 Å². The van der Waals surface area contributed by atoms with Crippen molar-refractivity contribution >= 4 is 5.82 Å². The average molecular weight is 242 g/mol. The molecule has 0 aliphatic carbocycles. The van der Waals surface area contributed by atoms with Crippen LogP contribution < -0.4 is 20.9 Å². The molecule has 1 rings (SSSR count). The molecule has 96 valence electrons. The van der Waals surface area contributed by atoms with Crippen molar-refractivity contribution in [2.45, 2.75) is 0 Å². The molecule has 17 heavy (non-hydrogen) atoms. The minimum atomic E-state index is -0.294. The largest absolute Gasteiger partial charge is 0.489 e. The zero-order valence-electron chi connectivity index (χ0n) is 10.1. The van der Waals surface area contributed by atoms with E-state index >= 15 is 0 Å². The van der Waals surface area contributed by atoms with E-state index in [1.165, 1.54) is 13.4 Å². The zero-order chi connectivity index (χ0) is 12.5. The molecule has 7 nitrogen and oxygen atoms in total. The maximum absolute atomic E-state index is 11.4. The fourth-order valence-electron chi connectivity index (χ4n) is 1.27. The molecule has 0 saturated heterocycles. The van der Waals surface area contributed by atoms with Crippen molar-refractivity contribution in [2.24, 2.45) is 0 Å². The number of nitrogens with one attached hydrogen (secondary N) is 3. The van der Waals surface area contributed by atoms with E-state index in [0.717, 1.165) is 13.1 Å². The highest BCUT2D eigenvalue weighted by Crippen LogP contribution is 2.13. The third-order valence-corrected chi connectivity index (χ3v) is 2.09. The van der Waals surface area contributed by atoms with Gasteiger partial charge in [0.15, 0.2) is 5.82 Å². The van der Waals surface area contributed by atoms with Gasteiger partial charge < -0.3 is 25.1 Å². The lowest BCUT2D eigenvalue weighted by Gasteiger charge is -2.09. The predicted octanol–water partition coefficient (Wildman–Crippen LogP) is -0.574. The summed E-state index contributed by atoms with van der Waals surface area (Å²) in [4.78, 5) is 17.8. The number of aromatic amines is 1. The number of anilines is 1. The van der Waals surface area contributed by atoms with Crippen LogP contribution >= 0.6 is 0 Å². The van der Waals surface area contributed by atoms with E-state index in [2.05, 4.69) is 20.6 Å². The Hall–Kier alpha value is -1.60. The fraction of sp³-hybridized carbons (Fsp3) is 0.600. The molecule has 0 saturated carbocycles. The van der Waals surface area contributed by atoms with E-state index in [1.54, 1.807) is 7.11 Å². The van der Waals surface area contributed by atoms with Crippen LogP contribution in [0.2, 0.25) is 0 Å². The maximum Gasteiger partial charge on any atom is 0.295 e. The first-order valence-electron chi connectivity index (χ1n) is 5.34. The summed E-state index contributed by atoms with van der Waals surface area (Å²) in [5.41, 5.74) is -0.294. The third-order valence-electron chi connectivity index (χ3n) is 2.09. The van der Waals surface area contributed by atoms with Gasteiger partial charge in [-0.15, -0.1) is 0 Å². The Morgan fingerprint density at radius 3 is 2.88 bits per heavy atom. The van der Waals surface area contributed by atoms with Crippen LogP contribution in [0.5, 0.6) is 5.75 Å². The van der Waals surface area contributed by atoms with Gasteiger partial charge in [-0.25, -0.2) is 4.98 Å². The van der Waals surface area contributed by atoms with Gasteiger partial charge in [0.2, 0.25) is 5.75 Å². The molecule has 0 radical (unpaired) electrons. The summed E-state index contributed by atoms with van der Waals surface area (Å²) < 4.78 is 9.86. The Labute approximate surface area is 99.5 Å². The number of aromatic nitrogens is 2. The normalized spacial score (nSPS) is 10.2. The smallest absolute Gasteiger partial charge is 0.295 e. The van der Waals surface area contributed by atoms with Crippen LogP contribution in [-0.4, -0.2) is 50.4 Å². The van der Waals surface area contributed by atoms with Crippen molar-refractivity contribution in [1.82, 2.24) is 15.3 Å². The van der Waals surface area contributed by atoms with Crippen LogP contribution in [0, 0.1) is 0 Å². The first-order valence-corrected chi connectivity index (χ1v) is 5.34. The van der Waals surface area contributed by atoms with Gasteiger partial charge in [0.25, 0.3) is 5.56 Å². The molecular weight excluding hydrogens is 224 g/mol. The topological polar surface area (TPSA) is 88.3 Å². The molecule has 0 aliphatic rings. The minimum Gasteiger partial charge on any atom is -0.489 e. The SMILES string of the molecule is COCCNCCNc1nc[nH]c(=O)c1OC. The van der Waals surface area contributed by atoms with Gasteiger partial charge in [0, 0.05) is 26.7 Å². The van der Waals surface area contributed by atoms with Crippen LogP contribution in [0.3, 0.4) is 0 Å². The Bertz CT molecular complexity index is 380. The first-order chi connectivity index (χ1) is 8.29. The monoisotopic (exact) mass is 242 g/mol. The summed E-state index contributed by atoms with van der Waals surface area (Å²) in [7, 11) is 3.10. The minimum absolute atomic E-state index is 0.199. The first kappa shape index (κ1) is 13.5. The van der Waals surface area contributed by atoms with Crippen molar-refractivity contribution in [2.75, 3.05) is 45.8 Å². The average Bonchev–Trinajstić information content (AvgIpc) is 2.34. The van der Waals surface area contributed by atoms with Gasteiger partial charge in [0.05, 0.1) is 20.0 Å². The van der Waals surface area contributed by atoms with Crippen molar-refractivity contribution < 1.29 is 9.47 Å². The highest BCUT2D eigenvalue weighted by atomic mass is 16.5. The molecule has 0 amide bonds.